The minimum atomic E-state index is 0.182. The number of piperidine rings is 1. The predicted octanol–water partition coefficient (Wildman–Crippen LogP) is 2.85. The Balaban J connectivity index is 2.05. The average Bonchev–Trinajstić information content (AvgIpc) is 2.47. The van der Waals surface area contributed by atoms with Gasteiger partial charge in [0.2, 0.25) is 0 Å². The molecule has 20 heavy (non-hydrogen) atoms. The number of carbonyl (C=O) groups is 1. The number of benzene rings is 1. The minimum Gasteiger partial charge on any atom is -0.338 e. The lowest BCUT2D eigenvalue weighted by atomic mass is 9.89. The second-order valence-electron chi connectivity index (χ2n) is 5.74. The number of likely N-dealkylation sites (tertiary alicyclic amines) is 1. The first-order valence-corrected chi connectivity index (χ1v) is 7.75. The van der Waals surface area contributed by atoms with Crippen molar-refractivity contribution in [3.05, 3.63) is 35.4 Å². The summed E-state index contributed by atoms with van der Waals surface area (Å²) in [6.07, 6.45) is 2.18. The van der Waals surface area contributed by atoms with Crippen LogP contribution in [0.5, 0.6) is 0 Å². The van der Waals surface area contributed by atoms with Crippen LogP contribution in [0.1, 0.15) is 42.6 Å². The van der Waals surface area contributed by atoms with Crippen LogP contribution in [-0.4, -0.2) is 36.5 Å². The Hall–Kier alpha value is -1.35. The van der Waals surface area contributed by atoms with Crippen LogP contribution in [0.2, 0.25) is 0 Å². The van der Waals surface area contributed by atoms with E-state index in [1.807, 2.05) is 36.1 Å². The summed E-state index contributed by atoms with van der Waals surface area (Å²) < 4.78 is 0. The van der Waals surface area contributed by atoms with Crippen LogP contribution in [0, 0.1) is 12.8 Å². The highest BCUT2D eigenvalue weighted by Crippen LogP contribution is 2.22. The highest BCUT2D eigenvalue weighted by Gasteiger charge is 2.30. The van der Waals surface area contributed by atoms with Crippen molar-refractivity contribution in [2.45, 2.75) is 39.7 Å². The molecule has 1 N–H and O–H groups in total. The smallest absolute Gasteiger partial charge is 0.253 e. The molecule has 0 radical (unpaired) electrons. The number of nitrogens with zero attached hydrogens (tertiary/aromatic N) is 1. The molecule has 1 aliphatic rings. The van der Waals surface area contributed by atoms with Crippen molar-refractivity contribution >= 4 is 5.91 Å². The molecular weight excluding hydrogens is 248 g/mol. The monoisotopic (exact) mass is 274 g/mol. The first-order chi connectivity index (χ1) is 9.65. The average molecular weight is 274 g/mol. The number of hydrogen-bond donors (Lipinski definition) is 1. The fourth-order valence-electron chi connectivity index (χ4n) is 3.12. The molecule has 0 saturated carbocycles. The normalized spacial score (nSPS) is 22.9. The van der Waals surface area contributed by atoms with E-state index in [1.165, 1.54) is 0 Å². The zero-order valence-electron chi connectivity index (χ0n) is 12.9. The van der Waals surface area contributed by atoms with Crippen LogP contribution in [0.25, 0.3) is 0 Å². The molecule has 1 amide bonds. The van der Waals surface area contributed by atoms with Crippen molar-refractivity contribution in [3.8, 4) is 0 Å². The maximum absolute atomic E-state index is 12.6. The molecule has 2 rings (SSSR count). The zero-order chi connectivity index (χ0) is 14.5. The second-order valence-corrected chi connectivity index (χ2v) is 5.74. The van der Waals surface area contributed by atoms with Crippen molar-refractivity contribution in [3.63, 3.8) is 0 Å². The van der Waals surface area contributed by atoms with Gasteiger partial charge in [0.05, 0.1) is 0 Å². The van der Waals surface area contributed by atoms with Gasteiger partial charge >= 0.3 is 0 Å². The van der Waals surface area contributed by atoms with Gasteiger partial charge in [0, 0.05) is 24.7 Å². The van der Waals surface area contributed by atoms with Crippen molar-refractivity contribution in [2.24, 2.45) is 5.92 Å². The van der Waals surface area contributed by atoms with E-state index in [2.05, 4.69) is 19.2 Å². The molecule has 1 aliphatic heterocycles. The van der Waals surface area contributed by atoms with Crippen molar-refractivity contribution in [1.29, 1.82) is 0 Å². The first kappa shape index (κ1) is 15.0. The van der Waals surface area contributed by atoms with Gasteiger partial charge in [0.1, 0.15) is 0 Å². The Bertz CT molecular complexity index is 458. The largest absolute Gasteiger partial charge is 0.338 e. The van der Waals surface area contributed by atoms with Crippen LogP contribution < -0.4 is 5.32 Å². The summed E-state index contributed by atoms with van der Waals surface area (Å²) in [4.78, 5) is 14.6. The van der Waals surface area contributed by atoms with Gasteiger partial charge in [0.25, 0.3) is 5.91 Å². The van der Waals surface area contributed by atoms with Gasteiger partial charge in [0.15, 0.2) is 0 Å². The summed E-state index contributed by atoms with van der Waals surface area (Å²) in [6.45, 7) is 9.14. The van der Waals surface area contributed by atoms with Gasteiger partial charge in [-0.3, -0.25) is 4.79 Å². The minimum absolute atomic E-state index is 0.182. The van der Waals surface area contributed by atoms with Gasteiger partial charge in [-0.1, -0.05) is 38.0 Å². The van der Waals surface area contributed by atoms with Crippen LogP contribution in [0.4, 0.5) is 0 Å². The molecule has 0 spiro atoms. The molecule has 2 unspecified atom stereocenters. The number of amides is 1. The summed E-state index contributed by atoms with van der Waals surface area (Å²) in [6, 6.07) is 8.47. The van der Waals surface area contributed by atoms with E-state index in [0.29, 0.717) is 12.0 Å². The van der Waals surface area contributed by atoms with Crippen LogP contribution in [0.15, 0.2) is 24.3 Å². The number of hydrogen-bond acceptors (Lipinski definition) is 2. The Morgan fingerprint density at radius 2 is 2.20 bits per heavy atom. The Morgan fingerprint density at radius 1 is 1.40 bits per heavy atom. The Morgan fingerprint density at radius 3 is 2.85 bits per heavy atom. The molecule has 1 heterocycles. The maximum Gasteiger partial charge on any atom is 0.253 e. The summed E-state index contributed by atoms with van der Waals surface area (Å²) in [5.41, 5.74) is 1.96. The van der Waals surface area contributed by atoms with Crippen molar-refractivity contribution in [1.82, 2.24) is 10.2 Å². The molecular formula is C17H26N2O. The highest BCUT2D eigenvalue weighted by molar-refractivity contribution is 5.94. The molecule has 3 heteroatoms. The molecule has 2 atom stereocenters. The first-order valence-electron chi connectivity index (χ1n) is 7.75. The molecule has 3 nitrogen and oxygen atoms in total. The highest BCUT2D eigenvalue weighted by atomic mass is 16.2. The van der Waals surface area contributed by atoms with E-state index in [4.69, 9.17) is 0 Å². The third-order valence-corrected chi connectivity index (χ3v) is 4.28. The van der Waals surface area contributed by atoms with E-state index in [9.17, 15) is 4.79 Å². The number of nitrogens with one attached hydrogen (secondary N) is 1. The Labute approximate surface area is 122 Å². The molecule has 110 valence electrons. The van der Waals surface area contributed by atoms with E-state index in [0.717, 1.165) is 43.6 Å². The number of aryl methyl sites for hydroxylation is 1. The third-order valence-electron chi connectivity index (χ3n) is 4.28. The fourth-order valence-corrected chi connectivity index (χ4v) is 3.12. The summed E-state index contributed by atoms with van der Waals surface area (Å²) in [5, 5.41) is 3.56. The summed E-state index contributed by atoms with van der Waals surface area (Å²) >= 11 is 0. The quantitative estimate of drug-likeness (QED) is 0.915. The lowest BCUT2D eigenvalue weighted by Crippen LogP contribution is -2.50. The van der Waals surface area contributed by atoms with Crippen LogP contribution in [-0.2, 0) is 0 Å². The summed E-state index contributed by atoms with van der Waals surface area (Å²) in [5.74, 6) is 0.750. The van der Waals surface area contributed by atoms with Crippen molar-refractivity contribution < 1.29 is 4.79 Å². The molecule has 1 saturated heterocycles. The van der Waals surface area contributed by atoms with Gasteiger partial charge in [-0.15, -0.1) is 0 Å². The molecule has 0 aromatic heterocycles. The topological polar surface area (TPSA) is 32.3 Å². The second kappa shape index (κ2) is 6.89. The maximum atomic E-state index is 12.6. The zero-order valence-corrected chi connectivity index (χ0v) is 12.9. The number of carbonyl (C=O) groups excluding carboxylic acids is 1. The molecule has 0 aliphatic carbocycles. The van der Waals surface area contributed by atoms with Gasteiger partial charge in [-0.2, -0.15) is 0 Å². The molecule has 0 bridgehead atoms. The van der Waals surface area contributed by atoms with E-state index in [1.54, 1.807) is 0 Å². The van der Waals surface area contributed by atoms with E-state index >= 15 is 0 Å². The predicted molar refractivity (Wildman–Crippen MR) is 82.9 cm³/mol. The number of rotatable bonds is 4. The summed E-state index contributed by atoms with van der Waals surface area (Å²) in [7, 11) is 0. The van der Waals surface area contributed by atoms with Gasteiger partial charge in [-0.05, 0) is 37.9 Å². The van der Waals surface area contributed by atoms with Crippen molar-refractivity contribution in [2.75, 3.05) is 19.6 Å². The third kappa shape index (κ3) is 3.40. The van der Waals surface area contributed by atoms with E-state index in [-0.39, 0.29) is 5.91 Å². The lowest BCUT2D eigenvalue weighted by molar-refractivity contribution is 0.0628. The fraction of sp³-hybridized carbons (Fsp3) is 0.588. The van der Waals surface area contributed by atoms with Gasteiger partial charge < -0.3 is 10.2 Å². The molecule has 1 fully saturated rings. The van der Waals surface area contributed by atoms with Crippen LogP contribution >= 0.6 is 0 Å². The lowest BCUT2D eigenvalue weighted by Gasteiger charge is -2.38. The standard InChI is InChI=1S/C17H26N2O/c1-4-14-12-19(10-9-16(14)18-5-2)17(20)15-8-6-7-13(3)11-15/h6-8,11,14,16,18H,4-5,9-10,12H2,1-3H3. The SMILES string of the molecule is CCNC1CCN(C(=O)c2cccc(C)c2)CC1CC. The van der Waals surface area contributed by atoms with Gasteiger partial charge in [-0.25, -0.2) is 0 Å². The molecule has 1 aromatic carbocycles. The van der Waals surface area contributed by atoms with Crippen LogP contribution in [0.3, 0.4) is 0 Å². The van der Waals surface area contributed by atoms with E-state index < -0.39 is 0 Å². The Kier molecular flexibility index (Phi) is 5.18. The molecule has 1 aromatic rings.